The summed E-state index contributed by atoms with van der Waals surface area (Å²) < 4.78 is 0.620. The Balaban J connectivity index is 1.52. The van der Waals surface area contributed by atoms with Gasteiger partial charge in [0.1, 0.15) is 0 Å². The van der Waals surface area contributed by atoms with Crippen LogP contribution < -0.4 is 10.6 Å². The third-order valence-corrected chi connectivity index (χ3v) is 6.03. The smallest absolute Gasteiger partial charge is 0.257 e. The van der Waals surface area contributed by atoms with E-state index in [1.807, 2.05) is 57.2 Å². The molecule has 3 rings (SSSR count). The van der Waals surface area contributed by atoms with Gasteiger partial charge in [-0.05, 0) is 56.2 Å². The van der Waals surface area contributed by atoms with Crippen molar-refractivity contribution >= 4 is 45.7 Å². The van der Waals surface area contributed by atoms with Crippen molar-refractivity contribution in [3.8, 4) is 0 Å². The van der Waals surface area contributed by atoms with Crippen LogP contribution in [-0.4, -0.2) is 27.8 Å². The number of aromatic nitrogens is 2. The molecule has 0 saturated heterocycles. The third kappa shape index (κ3) is 5.40. The molecule has 2 aromatic carbocycles. The van der Waals surface area contributed by atoms with Crippen LogP contribution in [0.1, 0.15) is 27.0 Å². The highest BCUT2D eigenvalue weighted by Crippen LogP contribution is 2.26. The van der Waals surface area contributed by atoms with Gasteiger partial charge in [-0.1, -0.05) is 46.9 Å². The number of anilines is 2. The number of nitrogens with one attached hydrogen (secondary N) is 2. The Morgan fingerprint density at radius 3 is 2.43 bits per heavy atom. The summed E-state index contributed by atoms with van der Waals surface area (Å²) in [5.74, 6) is -0.133. The molecule has 2 N–H and O–H groups in total. The molecule has 0 fully saturated rings. The zero-order valence-corrected chi connectivity index (χ0v) is 17.4. The fourth-order valence-electron chi connectivity index (χ4n) is 2.33. The first kappa shape index (κ1) is 20.0. The van der Waals surface area contributed by atoms with Gasteiger partial charge in [0.2, 0.25) is 11.0 Å². The molecule has 144 valence electrons. The van der Waals surface area contributed by atoms with E-state index in [9.17, 15) is 9.59 Å². The summed E-state index contributed by atoms with van der Waals surface area (Å²) in [5.41, 5.74) is 4.66. The molecule has 28 heavy (non-hydrogen) atoms. The Bertz CT molecular complexity index is 1000. The van der Waals surface area contributed by atoms with E-state index in [1.54, 1.807) is 6.07 Å². The van der Waals surface area contributed by atoms with Gasteiger partial charge in [-0.3, -0.25) is 14.9 Å². The topological polar surface area (TPSA) is 84.0 Å². The Kier molecular flexibility index (Phi) is 6.43. The maximum Gasteiger partial charge on any atom is 0.257 e. The molecule has 1 aromatic heterocycles. The number of thioether (sulfide) groups is 1. The van der Waals surface area contributed by atoms with Gasteiger partial charge in [-0.15, -0.1) is 10.2 Å². The van der Waals surface area contributed by atoms with Gasteiger partial charge in [0, 0.05) is 11.3 Å². The maximum atomic E-state index is 12.3. The van der Waals surface area contributed by atoms with E-state index in [0.717, 1.165) is 22.4 Å². The molecule has 0 spiro atoms. The van der Waals surface area contributed by atoms with Gasteiger partial charge in [0.15, 0.2) is 4.34 Å². The van der Waals surface area contributed by atoms with E-state index in [2.05, 4.69) is 20.8 Å². The molecule has 1 heterocycles. The van der Waals surface area contributed by atoms with Gasteiger partial charge in [0.25, 0.3) is 5.91 Å². The largest absolute Gasteiger partial charge is 0.325 e. The van der Waals surface area contributed by atoms with Crippen molar-refractivity contribution in [3.63, 3.8) is 0 Å². The maximum absolute atomic E-state index is 12.3. The molecule has 0 aliphatic carbocycles. The monoisotopic (exact) mass is 412 g/mol. The molecule has 0 aliphatic heterocycles. The number of carbonyl (C=O) groups excluding carboxylic acids is 2. The Hall–Kier alpha value is -2.71. The number of nitrogens with zero attached hydrogens (tertiary/aromatic N) is 2. The summed E-state index contributed by atoms with van der Waals surface area (Å²) in [5, 5.41) is 14.0. The van der Waals surface area contributed by atoms with Crippen LogP contribution in [0.3, 0.4) is 0 Å². The number of hydrogen-bond donors (Lipinski definition) is 2. The predicted molar refractivity (Wildman–Crippen MR) is 114 cm³/mol. The number of aryl methyl sites for hydroxylation is 3. The molecule has 0 unspecified atom stereocenters. The zero-order valence-electron chi connectivity index (χ0n) is 15.8. The SMILES string of the molecule is Cc1ccc(NC(=O)CSc2nnc(NC(=O)c3ccc(C)c(C)c3)s2)cc1. The number of amides is 2. The lowest BCUT2D eigenvalue weighted by Gasteiger charge is -2.04. The van der Waals surface area contributed by atoms with Crippen LogP contribution in [-0.2, 0) is 4.79 Å². The fraction of sp³-hybridized carbons (Fsp3) is 0.200. The third-order valence-electron chi connectivity index (χ3n) is 4.06. The van der Waals surface area contributed by atoms with Gasteiger partial charge < -0.3 is 5.32 Å². The van der Waals surface area contributed by atoms with E-state index in [1.165, 1.54) is 23.1 Å². The number of benzene rings is 2. The number of carbonyl (C=O) groups is 2. The van der Waals surface area contributed by atoms with Crippen LogP contribution in [0, 0.1) is 20.8 Å². The van der Waals surface area contributed by atoms with Gasteiger partial charge in [-0.25, -0.2) is 0 Å². The van der Waals surface area contributed by atoms with Crippen LogP contribution >= 0.6 is 23.1 Å². The van der Waals surface area contributed by atoms with E-state index in [0.29, 0.717) is 15.0 Å². The first-order chi connectivity index (χ1) is 13.4. The number of hydrogen-bond acceptors (Lipinski definition) is 6. The van der Waals surface area contributed by atoms with E-state index in [4.69, 9.17) is 0 Å². The standard InChI is InChI=1S/C20H20N4O2S2/c1-12-4-8-16(9-5-12)21-17(25)11-27-20-24-23-19(28-20)22-18(26)15-7-6-13(2)14(3)10-15/h4-10H,11H2,1-3H3,(H,21,25)(H,22,23,26). The molecule has 0 atom stereocenters. The summed E-state index contributed by atoms with van der Waals surface area (Å²) in [6.07, 6.45) is 0. The summed E-state index contributed by atoms with van der Waals surface area (Å²) in [6, 6.07) is 13.2. The molecule has 0 radical (unpaired) electrons. The summed E-state index contributed by atoms with van der Waals surface area (Å²) >= 11 is 2.52. The second-order valence-corrected chi connectivity index (χ2v) is 8.53. The van der Waals surface area contributed by atoms with Crippen LogP contribution in [0.25, 0.3) is 0 Å². The second-order valence-electron chi connectivity index (χ2n) is 6.33. The van der Waals surface area contributed by atoms with Crippen molar-refractivity contribution in [2.75, 3.05) is 16.4 Å². The molecular formula is C20H20N4O2S2. The van der Waals surface area contributed by atoms with Crippen molar-refractivity contribution in [1.82, 2.24) is 10.2 Å². The zero-order chi connectivity index (χ0) is 20.1. The van der Waals surface area contributed by atoms with Crippen molar-refractivity contribution < 1.29 is 9.59 Å². The minimum atomic E-state index is -0.229. The predicted octanol–water partition coefficient (Wildman–Crippen LogP) is 4.45. The minimum absolute atomic E-state index is 0.121. The average Bonchev–Trinajstić information content (AvgIpc) is 3.11. The molecule has 6 nitrogen and oxygen atoms in total. The first-order valence-electron chi connectivity index (χ1n) is 8.62. The Labute approximate surface area is 171 Å². The van der Waals surface area contributed by atoms with E-state index >= 15 is 0 Å². The van der Waals surface area contributed by atoms with E-state index < -0.39 is 0 Å². The molecular weight excluding hydrogens is 392 g/mol. The minimum Gasteiger partial charge on any atom is -0.325 e. The average molecular weight is 413 g/mol. The normalized spacial score (nSPS) is 10.5. The first-order valence-corrected chi connectivity index (χ1v) is 10.4. The fourth-order valence-corrected chi connectivity index (χ4v) is 3.88. The van der Waals surface area contributed by atoms with Crippen molar-refractivity contribution in [3.05, 3.63) is 64.7 Å². The lowest BCUT2D eigenvalue weighted by Crippen LogP contribution is -2.13. The molecule has 0 bridgehead atoms. The van der Waals surface area contributed by atoms with Crippen molar-refractivity contribution in [2.24, 2.45) is 0 Å². The van der Waals surface area contributed by atoms with E-state index in [-0.39, 0.29) is 17.6 Å². The van der Waals surface area contributed by atoms with Crippen LogP contribution in [0.4, 0.5) is 10.8 Å². The highest BCUT2D eigenvalue weighted by molar-refractivity contribution is 8.01. The Morgan fingerprint density at radius 2 is 1.71 bits per heavy atom. The van der Waals surface area contributed by atoms with Gasteiger partial charge >= 0.3 is 0 Å². The molecule has 0 saturated carbocycles. The van der Waals surface area contributed by atoms with Gasteiger partial charge in [0.05, 0.1) is 5.75 Å². The molecule has 0 aliphatic rings. The van der Waals surface area contributed by atoms with Crippen LogP contribution in [0.15, 0.2) is 46.8 Å². The molecule has 3 aromatic rings. The van der Waals surface area contributed by atoms with Crippen molar-refractivity contribution in [2.45, 2.75) is 25.1 Å². The van der Waals surface area contributed by atoms with Crippen LogP contribution in [0.2, 0.25) is 0 Å². The quantitative estimate of drug-likeness (QED) is 0.462. The van der Waals surface area contributed by atoms with Gasteiger partial charge in [-0.2, -0.15) is 0 Å². The second kappa shape index (κ2) is 8.99. The lowest BCUT2D eigenvalue weighted by molar-refractivity contribution is -0.113. The van der Waals surface area contributed by atoms with Crippen molar-refractivity contribution in [1.29, 1.82) is 0 Å². The highest BCUT2D eigenvalue weighted by atomic mass is 32.2. The molecule has 2 amide bonds. The Morgan fingerprint density at radius 1 is 0.964 bits per heavy atom. The highest BCUT2D eigenvalue weighted by Gasteiger charge is 2.12. The number of rotatable bonds is 6. The summed E-state index contributed by atoms with van der Waals surface area (Å²) in [6.45, 7) is 5.96. The van der Waals surface area contributed by atoms with Crippen LogP contribution in [0.5, 0.6) is 0 Å². The summed E-state index contributed by atoms with van der Waals surface area (Å²) in [4.78, 5) is 24.4. The molecule has 8 heteroatoms. The summed E-state index contributed by atoms with van der Waals surface area (Å²) in [7, 11) is 0. The lowest BCUT2D eigenvalue weighted by atomic mass is 10.1.